The Morgan fingerprint density at radius 3 is 3.25 bits per heavy atom. The van der Waals surface area contributed by atoms with Crippen LogP contribution in [0.15, 0.2) is 6.20 Å². The number of amides is 1. The predicted octanol–water partition coefficient (Wildman–Crippen LogP) is 0.331. The van der Waals surface area contributed by atoms with Crippen LogP contribution in [0.25, 0.3) is 0 Å². The minimum atomic E-state index is -0.269. The van der Waals surface area contributed by atoms with E-state index in [1.807, 2.05) is 4.68 Å². The number of nitrogens with one attached hydrogen (secondary N) is 1. The summed E-state index contributed by atoms with van der Waals surface area (Å²) in [5.74, 6) is 0. The lowest BCUT2D eigenvalue weighted by atomic mass is 10.2. The number of cyclic esters (lactones) is 1. The van der Waals surface area contributed by atoms with E-state index in [-0.39, 0.29) is 6.09 Å². The van der Waals surface area contributed by atoms with Gasteiger partial charge in [0.25, 0.3) is 0 Å². The van der Waals surface area contributed by atoms with Crippen LogP contribution in [0.5, 0.6) is 0 Å². The predicted molar refractivity (Wildman–Crippen MR) is 57.2 cm³/mol. The zero-order valence-electron chi connectivity index (χ0n) is 9.14. The van der Waals surface area contributed by atoms with E-state index >= 15 is 0 Å². The maximum Gasteiger partial charge on any atom is 0.414 e. The summed E-state index contributed by atoms with van der Waals surface area (Å²) in [6, 6.07) is 0.422. The normalized spacial score (nSPS) is 24.4. The number of aromatic nitrogens is 2. The first-order chi connectivity index (χ1) is 7.75. The molecule has 0 aromatic carbocycles. The van der Waals surface area contributed by atoms with Gasteiger partial charge in [0.2, 0.25) is 0 Å². The molecule has 0 radical (unpaired) electrons. The Morgan fingerprint density at radius 2 is 2.50 bits per heavy atom. The molecule has 2 aliphatic heterocycles. The largest absolute Gasteiger partial charge is 0.447 e. The lowest BCUT2D eigenvalue weighted by Gasteiger charge is -2.23. The fourth-order valence-electron chi connectivity index (χ4n) is 2.17. The number of fused-ring (bicyclic) bond motifs is 1. The third-order valence-corrected chi connectivity index (χ3v) is 3.04. The fourth-order valence-corrected chi connectivity index (χ4v) is 2.17. The van der Waals surface area contributed by atoms with Gasteiger partial charge in [0.05, 0.1) is 30.7 Å². The Labute approximate surface area is 93.2 Å². The lowest BCUT2D eigenvalue weighted by Crippen LogP contribution is -2.37. The summed E-state index contributed by atoms with van der Waals surface area (Å²) < 4.78 is 6.89. The first kappa shape index (κ1) is 9.65. The molecule has 0 aliphatic carbocycles. The Morgan fingerprint density at radius 1 is 1.62 bits per heavy atom. The number of anilines is 1. The second-order valence-electron chi connectivity index (χ2n) is 4.21. The Hall–Kier alpha value is -1.56. The van der Waals surface area contributed by atoms with Crippen LogP contribution in [0, 0.1) is 0 Å². The maximum absolute atomic E-state index is 11.5. The summed E-state index contributed by atoms with van der Waals surface area (Å²) in [5, 5.41) is 7.68. The molecule has 16 heavy (non-hydrogen) atoms. The molecule has 1 aromatic rings. The smallest absolute Gasteiger partial charge is 0.414 e. The van der Waals surface area contributed by atoms with Gasteiger partial charge in [0.15, 0.2) is 0 Å². The molecule has 1 atom stereocenters. The highest BCUT2D eigenvalue weighted by atomic mass is 16.6. The molecule has 3 heterocycles. The van der Waals surface area contributed by atoms with Gasteiger partial charge in [-0.15, -0.1) is 0 Å². The van der Waals surface area contributed by atoms with E-state index in [9.17, 15) is 4.79 Å². The highest BCUT2D eigenvalue weighted by molar-refractivity contribution is 5.89. The molecule has 2 aliphatic rings. The van der Waals surface area contributed by atoms with Crippen LogP contribution < -0.4 is 10.2 Å². The molecular weight excluding hydrogens is 208 g/mol. The average Bonchev–Trinajstić information content (AvgIpc) is 2.83. The van der Waals surface area contributed by atoms with Crippen molar-refractivity contribution in [1.29, 1.82) is 0 Å². The van der Waals surface area contributed by atoms with Gasteiger partial charge >= 0.3 is 6.09 Å². The minimum absolute atomic E-state index is 0.269. The van der Waals surface area contributed by atoms with E-state index in [0.29, 0.717) is 19.2 Å². The molecule has 0 spiro atoms. The molecule has 0 bridgehead atoms. The van der Waals surface area contributed by atoms with Gasteiger partial charge in [-0.1, -0.05) is 0 Å². The molecule has 1 aromatic heterocycles. The average molecular weight is 222 g/mol. The van der Waals surface area contributed by atoms with Crippen molar-refractivity contribution in [3.8, 4) is 0 Å². The molecule has 0 saturated carbocycles. The molecule has 0 unspecified atom stereocenters. The van der Waals surface area contributed by atoms with Crippen molar-refractivity contribution in [3.63, 3.8) is 0 Å². The van der Waals surface area contributed by atoms with Gasteiger partial charge < -0.3 is 10.1 Å². The number of carbonyl (C=O) groups excluding carboxylic acids is 1. The molecule has 1 amide bonds. The van der Waals surface area contributed by atoms with Gasteiger partial charge in [-0.3, -0.25) is 9.58 Å². The zero-order valence-corrected chi connectivity index (χ0v) is 9.14. The number of carbonyl (C=O) groups is 1. The van der Waals surface area contributed by atoms with E-state index in [0.717, 1.165) is 24.5 Å². The van der Waals surface area contributed by atoms with Crippen LogP contribution in [0.3, 0.4) is 0 Å². The van der Waals surface area contributed by atoms with Crippen molar-refractivity contribution in [2.24, 2.45) is 0 Å². The van der Waals surface area contributed by atoms with Gasteiger partial charge in [-0.05, 0) is 6.92 Å². The molecular formula is C10H14N4O2. The molecule has 1 N–H and O–H groups in total. The first-order valence-electron chi connectivity index (χ1n) is 5.48. The van der Waals surface area contributed by atoms with Crippen molar-refractivity contribution in [1.82, 2.24) is 15.1 Å². The van der Waals surface area contributed by atoms with E-state index in [1.54, 1.807) is 11.1 Å². The van der Waals surface area contributed by atoms with Crippen LogP contribution >= 0.6 is 0 Å². The number of hydrogen-bond acceptors (Lipinski definition) is 4. The molecule has 6 heteroatoms. The summed E-state index contributed by atoms with van der Waals surface area (Å²) in [6.07, 6.45) is 1.48. The fraction of sp³-hybridized carbons (Fsp3) is 0.600. The lowest BCUT2D eigenvalue weighted by molar-refractivity contribution is 0.181. The SMILES string of the molecule is C[C@H]1Cn2ncc(N3CCOC3=O)c2CN1. The third kappa shape index (κ3) is 1.37. The summed E-state index contributed by atoms with van der Waals surface area (Å²) in [5.41, 5.74) is 1.94. The number of hydrogen-bond donors (Lipinski definition) is 1. The maximum atomic E-state index is 11.5. The second kappa shape index (κ2) is 3.48. The van der Waals surface area contributed by atoms with E-state index in [2.05, 4.69) is 17.3 Å². The van der Waals surface area contributed by atoms with Crippen molar-refractivity contribution in [2.45, 2.75) is 26.1 Å². The highest BCUT2D eigenvalue weighted by Crippen LogP contribution is 2.25. The first-order valence-corrected chi connectivity index (χ1v) is 5.48. The van der Waals surface area contributed by atoms with Crippen molar-refractivity contribution in [2.75, 3.05) is 18.1 Å². The Kier molecular flexibility index (Phi) is 2.10. The number of ether oxygens (including phenoxy) is 1. The summed E-state index contributed by atoms with van der Waals surface area (Å²) in [4.78, 5) is 13.1. The minimum Gasteiger partial charge on any atom is -0.447 e. The molecule has 6 nitrogen and oxygen atoms in total. The van der Waals surface area contributed by atoms with Gasteiger partial charge in [-0.25, -0.2) is 4.79 Å². The Bertz CT molecular complexity index is 428. The monoisotopic (exact) mass is 222 g/mol. The van der Waals surface area contributed by atoms with Crippen LogP contribution in [0.4, 0.5) is 10.5 Å². The summed E-state index contributed by atoms with van der Waals surface area (Å²) in [7, 11) is 0. The van der Waals surface area contributed by atoms with Crippen LogP contribution in [-0.2, 0) is 17.8 Å². The van der Waals surface area contributed by atoms with E-state index in [1.165, 1.54) is 0 Å². The quantitative estimate of drug-likeness (QED) is 0.744. The summed E-state index contributed by atoms with van der Waals surface area (Å²) in [6.45, 7) is 4.80. The molecule has 86 valence electrons. The molecule has 1 fully saturated rings. The van der Waals surface area contributed by atoms with Crippen LogP contribution in [-0.4, -0.2) is 35.1 Å². The molecule has 3 rings (SSSR count). The highest BCUT2D eigenvalue weighted by Gasteiger charge is 2.29. The van der Waals surface area contributed by atoms with E-state index < -0.39 is 0 Å². The Balaban J connectivity index is 1.94. The number of nitrogens with zero attached hydrogens (tertiary/aromatic N) is 3. The standard InChI is InChI=1S/C10H14N4O2/c1-7-6-14-9(4-11-7)8(5-12-14)13-2-3-16-10(13)15/h5,7,11H,2-4,6H2,1H3/t7-/m0/s1. The van der Waals surface area contributed by atoms with Crippen LogP contribution in [0.1, 0.15) is 12.6 Å². The van der Waals surface area contributed by atoms with Gasteiger partial charge in [0.1, 0.15) is 6.61 Å². The second-order valence-corrected chi connectivity index (χ2v) is 4.21. The zero-order chi connectivity index (χ0) is 11.1. The molecule has 1 saturated heterocycles. The third-order valence-electron chi connectivity index (χ3n) is 3.04. The topological polar surface area (TPSA) is 59.4 Å². The van der Waals surface area contributed by atoms with Crippen LogP contribution in [0.2, 0.25) is 0 Å². The van der Waals surface area contributed by atoms with Gasteiger partial charge in [0, 0.05) is 12.6 Å². The van der Waals surface area contributed by atoms with Crippen molar-refractivity contribution >= 4 is 11.8 Å². The summed E-state index contributed by atoms with van der Waals surface area (Å²) >= 11 is 0. The number of rotatable bonds is 1. The van der Waals surface area contributed by atoms with Gasteiger partial charge in [-0.2, -0.15) is 5.10 Å². The van der Waals surface area contributed by atoms with Crippen molar-refractivity contribution < 1.29 is 9.53 Å². The van der Waals surface area contributed by atoms with E-state index in [4.69, 9.17) is 4.74 Å². The van der Waals surface area contributed by atoms with Crippen molar-refractivity contribution in [3.05, 3.63) is 11.9 Å².